The Kier molecular flexibility index (Phi) is 1.95. The molecular formula is C8H9FN2. The fraction of sp³-hybridized carbons (Fsp3) is 0.375. The van der Waals surface area contributed by atoms with Gasteiger partial charge in [0.15, 0.2) is 0 Å². The van der Waals surface area contributed by atoms with E-state index in [0.717, 1.165) is 0 Å². The fourth-order valence-electron chi connectivity index (χ4n) is 0.966. The van der Waals surface area contributed by atoms with Crippen molar-refractivity contribution in [1.29, 1.82) is 5.26 Å². The summed E-state index contributed by atoms with van der Waals surface area (Å²) in [5, 5.41) is 8.50. The molecule has 0 fully saturated rings. The van der Waals surface area contributed by atoms with Gasteiger partial charge in [-0.05, 0) is 6.08 Å². The van der Waals surface area contributed by atoms with Crippen LogP contribution >= 0.6 is 0 Å². The van der Waals surface area contributed by atoms with Crippen LogP contribution in [0, 0.1) is 17.2 Å². The molecule has 1 rings (SSSR count). The summed E-state index contributed by atoms with van der Waals surface area (Å²) in [6.07, 6.45) is 1.79. The van der Waals surface area contributed by atoms with E-state index < -0.39 is 6.17 Å². The van der Waals surface area contributed by atoms with Crippen LogP contribution < -0.4 is 5.73 Å². The molecule has 58 valence electrons. The normalized spacial score (nSPS) is 30.3. The number of alkyl halides is 1. The monoisotopic (exact) mass is 152 g/mol. The molecule has 0 bridgehead atoms. The maximum atomic E-state index is 12.8. The minimum atomic E-state index is -1.05. The van der Waals surface area contributed by atoms with Gasteiger partial charge in [-0.1, -0.05) is 13.0 Å². The third-order valence-electron chi connectivity index (χ3n) is 1.70. The Bertz CT molecular complexity index is 260. The van der Waals surface area contributed by atoms with Crippen molar-refractivity contribution in [2.24, 2.45) is 11.7 Å². The lowest BCUT2D eigenvalue weighted by Gasteiger charge is -2.15. The van der Waals surface area contributed by atoms with E-state index >= 15 is 0 Å². The zero-order valence-electron chi connectivity index (χ0n) is 6.21. The molecule has 0 amide bonds. The van der Waals surface area contributed by atoms with E-state index in [4.69, 9.17) is 11.0 Å². The maximum Gasteiger partial charge on any atom is 0.127 e. The highest BCUT2D eigenvalue weighted by atomic mass is 19.1. The number of hydrogen-bond donors (Lipinski definition) is 1. The minimum absolute atomic E-state index is 0.239. The topological polar surface area (TPSA) is 49.8 Å². The van der Waals surface area contributed by atoms with E-state index in [1.807, 2.05) is 6.07 Å². The van der Waals surface area contributed by atoms with Gasteiger partial charge in [0.05, 0.1) is 5.57 Å². The SMILES string of the molecule is CC1C=C(C#N)C(N)=CC1F. The Hall–Kier alpha value is -1.30. The van der Waals surface area contributed by atoms with E-state index in [9.17, 15) is 4.39 Å². The van der Waals surface area contributed by atoms with Gasteiger partial charge < -0.3 is 5.73 Å². The summed E-state index contributed by atoms with van der Waals surface area (Å²) in [6.45, 7) is 1.71. The molecule has 1 aliphatic carbocycles. The number of nitriles is 1. The van der Waals surface area contributed by atoms with E-state index in [-0.39, 0.29) is 11.6 Å². The first kappa shape index (κ1) is 7.80. The highest BCUT2D eigenvalue weighted by Crippen LogP contribution is 2.21. The minimum Gasteiger partial charge on any atom is -0.398 e. The number of allylic oxidation sites excluding steroid dienone is 3. The second kappa shape index (κ2) is 2.75. The molecule has 0 heterocycles. The zero-order valence-corrected chi connectivity index (χ0v) is 6.21. The summed E-state index contributed by atoms with van der Waals surface area (Å²) in [5.41, 5.74) is 6.00. The predicted molar refractivity (Wildman–Crippen MR) is 40.0 cm³/mol. The quantitative estimate of drug-likeness (QED) is 0.568. The average Bonchev–Trinajstić information content (AvgIpc) is 1.97. The van der Waals surface area contributed by atoms with Gasteiger partial charge in [-0.15, -0.1) is 0 Å². The summed E-state index contributed by atoms with van der Waals surface area (Å²) in [5.74, 6) is -0.239. The summed E-state index contributed by atoms with van der Waals surface area (Å²) in [4.78, 5) is 0. The number of rotatable bonds is 0. The van der Waals surface area contributed by atoms with Crippen molar-refractivity contribution in [1.82, 2.24) is 0 Å². The molecule has 0 aromatic carbocycles. The number of hydrogen-bond acceptors (Lipinski definition) is 2. The van der Waals surface area contributed by atoms with Crippen LogP contribution in [0.2, 0.25) is 0 Å². The first-order valence-electron chi connectivity index (χ1n) is 3.39. The number of halogens is 1. The molecule has 0 aliphatic heterocycles. The molecule has 0 aromatic heterocycles. The highest BCUT2D eigenvalue weighted by molar-refractivity contribution is 5.43. The Labute approximate surface area is 64.8 Å². The molecule has 2 nitrogen and oxygen atoms in total. The molecule has 1 aliphatic rings. The van der Waals surface area contributed by atoms with E-state index in [0.29, 0.717) is 5.57 Å². The summed E-state index contributed by atoms with van der Waals surface area (Å²) in [6, 6.07) is 1.91. The summed E-state index contributed by atoms with van der Waals surface area (Å²) >= 11 is 0. The van der Waals surface area contributed by atoms with Crippen LogP contribution in [-0.2, 0) is 0 Å². The average molecular weight is 152 g/mol. The molecule has 2 unspecified atom stereocenters. The van der Waals surface area contributed by atoms with Gasteiger partial charge in [0.1, 0.15) is 12.2 Å². The lowest BCUT2D eigenvalue weighted by Crippen LogP contribution is -2.17. The van der Waals surface area contributed by atoms with Crippen molar-refractivity contribution in [3.63, 3.8) is 0 Å². The van der Waals surface area contributed by atoms with Gasteiger partial charge in [-0.3, -0.25) is 0 Å². The zero-order chi connectivity index (χ0) is 8.43. The molecule has 11 heavy (non-hydrogen) atoms. The van der Waals surface area contributed by atoms with Crippen molar-refractivity contribution < 1.29 is 4.39 Å². The van der Waals surface area contributed by atoms with Gasteiger partial charge in [0.25, 0.3) is 0 Å². The third kappa shape index (κ3) is 1.40. The second-order valence-electron chi connectivity index (χ2n) is 2.62. The number of nitrogens with zero attached hydrogens (tertiary/aromatic N) is 1. The molecule has 0 saturated heterocycles. The van der Waals surface area contributed by atoms with E-state index in [2.05, 4.69) is 0 Å². The van der Waals surface area contributed by atoms with Gasteiger partial charge >= 0.3 is 0 Å². The van der Waals surface area contributed by atoms with Crippen molar-refractivity contribution in [3.05, 3.63) is 23.4 Å². The Morgan fingerprint density at radius 1 is 1.64 bits per heavy atom. The van der Waals surface area contributed by atoms with Crippen molar-refractivity contribution in [3.8, 4) is 6.07 Å². The van der Waals surface area contributed by atoms with Gasteiger partial charge in [0.2, 0.25) is 0 Å². The van der Waals surface area contributed by atoms with Crippen LogP contribution in [-0.4, -0.2) is 6.17 Å². The van der Waals surface area contributed by atoms with Crippen LogP contribution in [0.4, 0.5) is 4.39 Å². The Morgan fingerprint density at radius 2 is 2.27 bits per heavy atom. The largest absolute Gasteiger partial charge is 0.398 e. The third-order valence-corrected chi connectivity index (χ3v) is 1.70. The lowest BCUT2D eigenvalue weighted by molar-refractivity contribution is 0.331. The molecule has 0 radical (unpaired) electrons. The molecule has 0 saturated carbocycles. The van der Waals surface area contributed by atoms with Crippen molar-refractivity contribution >= 4 is 0 Å². The number of nitrogens with two attached hydrogens (primary N) is 1. The van der Waals surface area contributed by atoms with Crippen molar-refractivity contribution in [2.45, 2.75) is 13.1 Å². The highest BCUT2D eigenvalue weighted by Gasteiger charge is 2.19. The molecule has 2 N–H and O–H groups in total. The Balaban J connectivity index is 2.94. The first-order chi connectivity index (χ1) is 5.15. The van der Waals surface area contributed by atoms with Gasteiger partial charge in [0, 0.05) is 11.6 Å². The predicted octanol–water partition coefficient (Wildman–Crippen LogP) is 1.27. The van der Waals surface area contributed by atoms with Crippen LogP contribution in [0.15, 0.2) is 23.4 Å². The molecule has 2 atom stereocenters. The molecular weight excluding hydrogens is 143 g/mol. The van der Waals surface area contributed by atoms with Crippen LogP contribution in [0.1, 0.15) is 6.92 Å². The standard InChI is InChI=1S/C8H9FN2/c1-5-2-6(4-10)8(11)3-7(5)9/h2-3,5,7H,11H2,1H3. The molecule has 3 heteroatoms. The first-order valence-corrected chi connectivity index (χ1v) is 3.39. The summed E-state index contributed by atoms with van der Waals surface area (Å²) < 4.78 is 12.8. The Morgan fingerprint density at radius 3 is 2.82 bits per heavy atom. The smallest absolute Gasteiger partial charge is 0.127 e. The van der Waals surface area contributed by atoms with Crippen molar-refractivity contribution in [2.75, 3.05) is 0 Å². The van der Waals surface area contributed by atoms with E-state index in [1.165, 1.54) is 6.08 Å². The lowest BCUT2D eigenvalue weighted by atomic mass is 9.95. The summed E-state index contributed by atoms with van der Waals surface area (Å²) in [7, 11) is 0. The van der Waals surface area contributed by atoms with Crippen LogP contribution in [0.5, 0.6) is 0 Å². The van der Waals surface area contributed by atoms with Gasteiger partial charge in [-0.25, -0.2) is 4.39 Å². The van der Waals surface area contributed by atoms with Gasteiger partial charge in [-0.2, -0.15) is 5.26 Å². The molecule has 0 spiro atoms. The molecule has 0 aromatic rings. The second-order valence-corrected chi connectivity index (χ2v) is 2.62. The maximum absolute atomic E-state index is 12.8. The van der Waals surface area contributed by atoms with Crippen LogP contribution in [0.25, 0.3) is 0 Å². The fourth-order valence-corrected chi connectivity index (χ4v) is 0.966. The van der Waals surface area contributed by atoms with Crippen LogP contribution in [0.3, 0.4) is 0 Å². The van der Waals surface area contributed by atoms with E-state index in [1.54, 1.807) is 13.0 Å².